The molecule has 8 nitrogen and oxygen atoms in total. The van der Waals surface area contributed by atoms with E-state index in [0.717, 1.165) is 24.2 Å². The first-order valence-corrected chi connectivity index (χ1v) is 7.41. The Morgan fingerprint density at radius 3 is 2.73 bits per heavy atom. The van der Waals surface area contributed by atoms with Gasteiger partial charge in [-0.2, -0.15) is 0 Å². The fourth-order valence-corrected chi connectivity index (χ4v) is 3.06. The minimum Gasteiger partial charge on any atom is -0.451 e. The molecular weight excluding hydrogens is 290 g/mol. The van der Waals surface area contributed by atoms with Crippen LogP contribution in [0.15, 0.2) is 0 Å². The van der Waals surface area contributed by atoms with Crippen LogP contribution in [0.5, 0.6) is 0 Å². The van der Waals surface area contributed by atoms with Gasteiger partial charge >= 0.3 is 12.0 Å². The molecule has 0 aromatic carbocycles. The first-order chi connectivity index (χ1) is 10.3. The van der Waals surface area contributed by atoms with Crippen LogP contribution < -0.4 is 11.1 Å². The molecule has 0 radical (unpaired) electrons. The van der Waals surface area contributed by atoms with E-state index in [1.54, 1.807) is 0 Å². The number of nitrogens with one attached hydrogen (secondary N) is 1. The van der Waals surface area contributed by atoms with Crippen LogP contribution >= 0.6 is 0 Å². The van der Waals surface area contributed by atoms with Crippen LogP contribution in [0.3, 0.4) is 0 Å². The zero-order valence-electron chi connectivity index (χ0n) is 12.8. The summed E-state index contributed by atoms with van der Waals surface area (Å²) in [7, 11) is 0. The minimum absolute atomic E-state index is 0.0169. The Hall–Kier alpha value is -2.12. The number of hydrogen-bond acceptors (Lipinski definition) is 5. The smallest absolute Gasteiger partial charge is 0.327 e. The number of esters is 1. The second-order valence-corrected chi connectivity index (χ2v) is 5.97. The van der Waals surface area contributed by atoms with E-state index in [1.165, 1.54) is 6.92 Å². The Morgan fingerprint density at radius 2 is 2.14 bits per heavy atom. The Morgan fingerprint density at radius 1 is 1.45 bits per heavy atom. The number of carbonyl (C=O) groups excluding carboxylic acids is 4. The first-order valence-electron chi connectivity index (χ1n) is 7.41. The summed E-state index contributed by atoms with van der Waals surface area (Å²) < 4.78 is 4.79. The van der Waals surface area contributed by atoms with Gasteiger partial charge in [-0.1, -0.05) is 19.8 Å². The summed E-state index contributed by atoms with van der Waals surface area (Å²) in [6.07, 6.45) is 2.19. The van der Waals surface area contributed by atoms with E-state index < -0.39 is 42.0 Å². The van der Waals surface area contributed by atoms with E-state index in [2.05, 4.69) is 5.32 Å². The van der Waals surface area contributed by atoms with Gasteiger partial charge < -0.3 is 15.8 Å². The molecule has 22 heavy (non-hydrogen) atoms. The van der Waals surface area contributed by atoms with Gasteiger partial charge in [-0.25, -0.2) is 4.79 Å². The van der Waals surface area contributed by atoms with Crippen molar-refractivity contribution in [2.75, 3.05) is 6.54 Å². The number of urea groups is 1. The molecule has 3 atom stereocenters. The van der Waals surface area contributed by atoms with Gasteiger partial charge in [0.2, 0.25) is 0 Å². The number of imide groups is 1. The number of amides is 4. The Kier molecular flexibility index (Phi) is 4.39. The summed E-state index contributed by atoms with van der Waals surface area (Å²) >= 11 is 0. The third kappa shape index (κ3) is 2.77. The van der Waals surface area contributed by atoms with Crippen LogP contribution in [0.2, 0.25) is 0 Å². The largest absolute Gasteiger partial charge is 0.451 e. The maximum atomic E-state index is 12.6. The minimum atomic E-state index is -1.10. The first kappa shape index (κ1) is 16.3. The molecule has 3 unspecified atom stereocenters. The number of carbonyl (C=O) groups is 4. The number of ether oxygens (including phenoxy) is 1. The monoisotopic (exact) mass is 311 g/mol. The van der Waals surface area contributed by atoms with Crippen molar-refractivity contribution in [2.24, 2.45) is 11.7 Å². The van der Waals surface area contributed by atoms with Crippen LogP contribution in [0, 0.1) is 5.92 Å². The van der Waals surface area contributed by atoms with Gasteiger partial charge in [-0.15, -0.1) is 0 Å². The van der Waals surface area contributed by atoms with Gasteiger partial charge in [-0.3, -0.25) is 19.3 Å². The predicted octanol–water partition coefficient (Wildman–Crippen LogP) is -0.0959. The number of hydrogen-bond donors (Lipinski definition) is 2. The van der Waals surface area contributed by atoms with Gasteiger partial charge in [-0.05, 0) is 25.7 Å². The van der Waals surface area contributed by atoms with Gasteiger partial charge in [0.25, 0.3) is 11.8 Å². The Labute approximate surface area is 128 Å². The van der Waals surface area contributed by atoms with Crippen LogP contribution in [0.1, 0.15) is 39.5 Å². The van der Waals surface area contributed by atoms with Crippen LogP contribution in [0.4, 0.5) is 4.79 Å². The standard InChI is InChI=1S/C14H21N3O5/c1-8-5-3-4-6-14(8)12(20)17(13(21)16-14)7-10(18)22-9(2)11(15)19/h8-9H,3-7H2,1-2H3,(H2,15,19)(H,16,21). The summed E-state index contributed by atoms with van der Waals surface area (Å²) in [5.41, 5.74) is 4.09. The zero-order chi connectivity index (χ0) is 16.5. The second kappa shape index (κ2) is 5.94. The summed E-state index contributed by atoms with van der Waals surface area (Å²) in [6.45, 7) is 2.74. The SMILES string of the molecule is CC(OC(=O)CN1C(=O)NC2(CCCCC2C)C1=O)C(N)=O. The molecule has 2 aliphatic rings. The summed E-state index contributed by atoms with van der Waals surface area (Å²) in [5.74, 6) is -2.00. The highest BCUT2D eigenvalue weighted by molar-refractivity contribution is 6.09. The molecule has 0 aromatic rings. The second-order valence-electron chi connectivity index (χ2n) is 5.97. The van der Waals surface area contributed by atoms with Gasteiger partial charge in [0.15, 0.2) is 6.10 Å². The highest BCUT2D eigenvalue weighted by Crippen LogP contribution is 2.38. The highest BCUT2D eigenvalue weighted by atomic mass is 16.5. The lowest BCUT2D eigenvalue weighted by Gasteiger charge is -2.36. The molecule has 4 amide bonds. The predicted molar refractivity (Wildman–Crippen MR) is 75.4 cm³/mol. The maximum absolute atomic E-state index is 12.6. The number of rotatable bonds is 4. The van der Waals surface area contributed by atoms with Gasteiger partial charge in [0.1, 0.15) is 12.1 Å². The molecule has 2 fully saturated rings. The van der Waals surface area contributed by atoms with Crippen LogP contribution in [-0.4, -0.2) is 46.9 Å². The van der Waals surface area contributed by atoms with Crippen molar-refractivity contribution in [1.82, 2.24) is 10.2 Å². The molecule has 122 valence electrons. The van der Waals surface area contributed by atoms with Crippen LogP contribution in [-0.2, 0) is 19.1 Å². The molecule has 1 aliphatic carbocycles. The Bertz CT molecular complexity index is 521. The van der Waals surface area contributed by atoms with Crippen molar-refractivity contribution in [3.8, 4) is 0 Å². The number of nitrogens with zero attached hydrogens (tertiary/aromatic N) is 1. The molecule has 1 aliphatic heterocycles. The average molecular weight is 311 g/mol. The fourth-order valence-electron chi connectivity index (χ4n) is 3.06. The zero-order valence-corrected chi connectivity index (χ0v) is 12.8. The third-order valence-corrected chi connectivity index (χ3v) is 4.50. The highest BCUT2D eigenvalue weighted by Gasteiger charge is 2.55. The van der Waals surface area contributed by atoms with E-state index in [4.69, 9.17) is 10.5 Å². The molecule has 0 bridgehead atoms. The van der Waals surface area contributed by atoms with Crippen molar-refractivity contribution >= 4 is 23.8 Å². The third-order valence-electron chi connectivity index (χ3n) is 4.50. The molecule has 1 saturated heterocycles. The molecule has 0 aromatic heterocycles. The number of primary amides is 1. The van der Waals surface area contributed by atoms with Crippen molar-refractivity contribution in [1.29, 1.82) is 0 Å². The van der Waals surface area contributed by atoms with E-state index in [9.17, 15) is 19.2 Å². The molecular formula is C14H21N3O5. The van der Waals surface area contributed by atoms with Crippen molar-refractivity contribution in [3.05, 3.63) is 0 Å². The summed E-state index contributed by atoms with van der Waals surface area (Å²) in [5, 5.41) is 2.74. The Balaban J connectivity index is 2.06. The summed E-state index contributed by atoms with van der Waals surface area (Å²) in [6, 6.07) is -0.595. The normalized spacial score (nSPS) is 29.4. The van der Waals surface area contributed by atoms with Crippen molar-refractivity contribution in [2.45, 2.75) is 51.2 Å². The quantitative estimate of drug-likeness (QED) is 0.555. The lowest BCUT2D eigenvalue weighted by molar-refractivity contribution is -0.156. The molecule has 8 heteroatoms. The van der Waals surface area contributed by atoms with Gasteiger partial charge in [0, 0.05) is 0 Å². The molecule has 1 spiro atoms. The van der Waals surface area contributed by atoms with E-state index in [1.807, 2.05) is 6.92 Å². The van der Waals surface area contributed by atoms with E-state index in [0.29, 0.717) is 6.42 Å². The molecule has 3 N–H and O–H groups in total. The van der Waals surface area contributed by atoms with Crippen molar-refractivity contribution < 1.29 is 23.9 Å². The average Bonchev–Trinajstić information content (AvgIpc) is 2.67. The van der Waals surface area contributed by atoms with Crippen molar-refractivity contribution in [3.63, 3.8) is 0 Å². The summed E-state index contributed by atoms with van der Waals surface area (Å²) in [4.78, 5) is 48.1. The van der Waals surface area contributed by atoms with Crippen LogP contribution in [0.25, 0.3) is 0 Å². The van der Waals surface area contributed by atoms with E-state index >= 15 is 0 Å². The number of nitrogens with two attached hydrogens (primary N) is 1. The maximum Gasteiger partial charge on any atom is 0.327 e. The molecule has 1 heterocycles. The molecule has 1 saturated carbocycles. The lowest BCUT2D eigenvalue weighted by Crippen LogP contribution is -2.54. The van der Waals surface area contributed by atoms with Gasteiger partial charge in [0.05, 0.1) is 0 Å². The fraction of sp³-hybridized carbons (Fsp3) is 0.714. The topological polar surface area (TPSA) is 119 Å². The molecule has 2 rings (SSSR count). The van der Waals surface area contributed by atoms with E-state index in [-0.39, 0.29) is 5.92 Å². The lowest BCUT2D eigenvalue weighted by atomic mass is 9.73.